The molecule has 3 N–H and O–H groups in total. The summed E-state index contributed by atoms with van der Waals surface area (Å²) in [6.45, 7) is 3.41. The van der Waals surface area contributed by atoms with Gasteiger partial charge in [0.05, 0.1) is 23.3 Å². The van der Waals surface area contributed by atoms with Gasteiger partial charge in [0.15, 0.2) is 0 Å². The fourth-order valence-electron chi connectivity index (χ4n) is 2.96. The number of benzene rings is 1. The molecule has 1 atom stereocenters. The van der Waals surface area contributed by atoms with Crippen molar-refractivity contribution >= 4 is 28.3 Å². The minimum absolute atomic E-state index is 0.186. The number of ether oxygens (including phenoxy) is 1. The van der Waals surface area contributed by atoms with Crippen LogP contribution in [0.15, 0.2) is 42.7 Å². The molecule has 0 saturated carbocycles. The van der Waals surface area contributed by atoms with E-state index in [9.17, 15) is 0 Å². The van der Waals surface area contributed by atoms with Crippen LogP contribution in [0.3, 0.4) is 0 Å². The van der Waals surface area contributed by atoms with Gasteiger partial charge in [-0.15, -0.1) is 0 Å². The van der Waals surface area contributed by atoms with E-state index in [1.807, 2.05) is 19.1 Å². The topological polar surface area (TPSA) is 81.3 Å². The highest BCUT2D eigenvalue weighted by atomic mass is 35.5. The number of aromatic nitrogens is 2. The Labute approximate surface area is 157 Å². The largest absolute Gasteiger partial charge is 0.391 e. The number of pyridine rings is 2. The number of nitrogens with two attached hydrogens (primary N) is 1. The van der Waals surface area contributed by atoms with Crippen molar-refractivity contribution in [1.82, 2.24) is 9.97 Å². The quantitative estimate of drug-likeness (QED) is 0.675. The van der Waals surface area contributed by atoms with E-state index in [0.717, 1.165) is 47.0 Å². The number of hydrogen-bond donors (Lipinski definition) is 2. The number of hydrogen-bond acceptors (Lipinski definition) is 5. The molecule has 1 aromatic carbocycles. The summed E-state index contributed by atoms with van der Waals surface area (Å²) >= 11 is 6.26. The van der Waals surface area contributed by atoms with Crippen molar-refractivity contribution in [3.05, 3.63) is 53.3 Å². The molecule has 4 rings (SSSR count). The second-order valence-electron chi connectivity index (χ2n) is 6.29. The minimum Gasteiger partial charge on any atom is -0.391 e. The molecule has 1 fully saturated rings. The molecule has 0 bridgehead atoms. The zero-order valence-electron chi connectivity index (χ0n) is 14.7. The highest BCUT2D eigenvalue weighted by Crippen LogP contribution is 2.35. The maximum Gasteiger partial charge on any atom is 0.124 e. The number of halogens is 1. The summed E-state index contributed by atoms with van der Waals surface area (Å²) in [7, 11) is 0. The number of fused-ring (bicyclic) bond motifs is 1. The van der Waals surface area contributed by atoms with Gasteiger partial charge in [0, 0.05) is 35.5 Å². The number of anilines is 1. The van der Waals surface area contributed by atoms with Crippen LogP contribution >= 0.6 is 11.6 Å². The molecule has 0 aliphatic carbocycles. The van der Waals surface area contributed by atoms with Crippen LogP contribution < -0.4 is 5.73 Å². The monoisotopic (exact) mass is 371 g/mol. The van der Waals surface area contributed by atoms with Crippen molar-refractivity contribution in [2.45, 2.75) is 25.9 Å². The van der Waals surface area contributed by atoms with Gasteiger partial charge in [-0.3, -0.25) is 4.98 Å². The predicted octanol–water partition coefficient (Wildman–Crippen LogP) is 4.00. The normalized spacial score (nSPS) is 16.8. The van der Waals surface area contributed by atoms with Gasteiger partial charge in [0.2, 0.25) is 0 Å². The smallest absolute Gasteiger partial charge is 0.124 e. The van der Waals surface area contributed by atoms with Crippen molar-refractivity contribution in [3.63, 3.8) is 0 Å². The highest BCUT2D eigenvalue weighted by Gasteiger charge is 2.12. The van der Waals surface area contributed by atoms with Crippen LogP contribution in [-0.2, 0) is 4.74 Å². The maximum absolute atomic E-state index is 8.78. The number of aliphatic hydroxyl groups excluding tert-OH is 1. The lowest BCUT2D eigenvalue weighted by Crippen LogP contribution is -2.21. The maximum atomic E-state index is 8.78. The lowest BCUT2D eigenvalue weighted by molar-refractivity contribution is -0.00535. The average molecular weight is 372 g/mol. The molecule has 0 amide bonds. The molecule has 136 valence electrons. The van der Waals surface area contributed by atoms with Crippen LogP contribution in [-0.4, -0.2) is 34.4 Å². The minimum atomic E-state index is -0.186. The molecule has 6 heteroatoms. The molecule has 5 nitrogen and oxygen atoms in total. The van der Waals surface area contributed by atoms with Crippen LogP contribution in [0.25, 0.3) is 22.0 Å². The Morgan fingerprint density at radius 3 is 2.81 bits per heavy atom. The summed E-state index contributed by atoms with van der Waals surface area (Å²) in [6, 6.07) is 9.86. The molecule has 1 unspecified atom stereocenters. The third-order valence-electron chi connectivity index (χ3n) is 4.27. The van der Waals surface area contributed by atoms with E-state index in [4.69, 9.17) is 27.2 Å². The Morgan fingerprint density at radius 2 is 2.12 bits per heavy atom. The molecule has 3 heterocycles. The molecular weight excluding hydrogens is 350 g/mol. The van der Waals surface area contributed by atoms with Gasteiger partial charge in [0.25, 0.3) is 0 Å². The summed E-state index contributed by atoms with van der Waals surface area (Å²) < 4.78 is 4.93. The van der Waals surface area contributed by atoms with Gasteiger partial charge in [0.1, 0.15) is 5.82 Å². The zero-order chi connectivity index (χ0) is 18.5. The van der Waals surface area contributed by atoms with Crippen LogP contribution in [0.5, 0.6) is 0 Å². The first kappa shape index (κ1) is 18.6. The van der Waals surface area contributed by atoms with Gasteiger partial charge >= 0.3 is 0 Å². The first-order valence-corrected chi connectivity index (χ1v) is 8.95. The van der Waals surface area contributed by atoms with E-state index in [0.29, 0.717) is 17.4 Å². The van der Waals surface area contributed by atoms with E-state index < -0.39 is 0 Å². The third-order valence-corrected chi connectivity index (χ3v) is 4.57. The van der Waals surface area contributed by atoms with E-state index in [-0.39, 0.29) is 6.10 Å². The summed E-state index contributed by atoms with van der Waals surface area (Å²) in [5, 5.41) is 10.4. The standard InChI is InChI=1S/C15H12ClN3.C5H10O2/c1-9-4-5-10-3-2-6-18-15(10)14(9)11-7-13(17)19-8-12(11)16;6-5-2-1-3-7-4-5/h2-8H,1H3,(H2,17,19);5-6H,1-4H2. The third kappa shape index (κ3) is 4.30. The van der Waals surface area contributed by atoms with Crippen LogP contribution in [0.2, 0.25) is 5.02 Å². The number of aryl methyl sites for hydroxylation is 1. The first-order chi connectivity index (χ1) is 12.6. The molecule has 26 heavy (non-hydrogen) atoms. The van der Waals surface area contributed by atoms with Crippen molar-refractivity contribution in [2.75, 3.05) is 18.9 Å². The second kappa shape index (κ2) is 8.45. The van der Waals surface area contributed by atoms with Crippen LogP contribution in [0.1, 0.15) is 18.4 Å². The Bertz CT molecular complexity index is 895. The molecular formula is C20H22ClN3O2. The van der Waals surface area contributed by atoms with Crippen molar-refractivity contribution in [2.24, 2.45) is 0 Å². The first-order valence-electron chi connectivity index (χ1n) is 8.58. The molecule has 2 aromatic heterocycles. The number of nitrogen functional groups attached to an aromatic ring is 1. The van der Waals surface area contributed by atoms with Gasteiger partial charge in [-0.1, -0.05) is 29.8 Å². The summed E-state index contributed by atoms with van der Waals surface area (Å²) in [6.07, 6.45) is 5.10. The Kier molecular flexibility index (Phi) is 6.04. The van der Waals surface area contributed by atoms with Gasteiger partial charge < -0.3 is 15.6 Å². The zero-order valence-corrected chi connectivity index (χ0v) is 15.4. The van der Waals surface area contributed by atoms with Gasteiger partial charge in [-0.05, 0) is 37.5 Å². The van der Waals surface area contributed by atoms with E-state index in [1.54, 1.807) is 18.5 Å². The van der Waals surface area contributed by atoms with Crippen LogP contribution in [0.4, 0.5) is 5.82 Å². The van der Waals surface area contributed by atoms with E-state index in [1.165, 1.54) is 0 Å². The highest BCUT2D eigenvalue weighted by molar-refractivity contribution is 6.33. The fraction of sp³-hybridized carbons (Fsp3) is 0.300. The summed E-state index contributed by atoms with van der Waals surface area (Å²) in [5.41, 5.74) is 9.69. The molecule has 1 saturated heterocycles. The summed E-state index contributed by atoms with van der Waals surface area (Å²) in [5.74, 6) is 0.451. The van der Waals surface area contributed by atoms with Crippen molar-refractivity contribution in [1.29, 1.82) is 0 Å². The van der Waals surface area contributed by atoms with Crippen molar-refractivity contribution < 1.29 is 9.84 Å². The van der Waals surface area contributed by atoms with Gasteiger partial charge in [-0.2, -0.15) is 0 Å². The summed E-state index contributed by atoms with van der Waals surface area (Å²) in [4.78, 5) is 8.47. The fourth-order valence-corrected chi connectivity index (χ4v) is 3.15. The molecule has 0 spiro atoms. The predicted molar refractivity (Wildman–Crippen MR) is 105 cm³/mol. The lowest BCUT2D eigenvalue weighted by Gasteiger charge is -2.15. The molecule has 1 aliphatic rings. The van der Waals surface area contributed by atoms with Crippen molar-refractivity contribution in [3.8, 4) is 11.1 Å². The molecule has 1 aliphatic heterocycles. The van der Waals surface area contributed by atoms with Crippen LogP contribution in [0, 0.1) is 6.92 Å². The van der Waals surface area contributed by atoms with E-state index in [2.05, 4.69) is 22.1 Å². The Balaban J connectivity index is 0.000000236. The second-order valence-corrected chi connectivity index (χ2v) is 6.70. The SMILES string of the molecule is Cc1ccc2cccnc2c1-c1cc(N)ncc1Cl.OC1CCCOC1. The molecule has 0 radical (unpaired) electrons. The molecule has 3 aromatic rings. The number of rotatable bonds is 1. The lowest BCUT2D eigenvalue weighted by atomic mass is 9.97. The Morgan fingerprint density at radius 1 is 1.27 bits per heavy atom. The van der Waals surface area contributed by atoms with E-state index >= 15 is 0 Å². The average Bonchev–Trinajstić information content (AvgIpc) is 2.65. The number of aliphatic hydroxyl groups is 1. The van der Waals surface area contributed by atoms with Gasteiger partial charge in [-0.25, -0.2) is 4.98 Å². The number of nitrogens with zero attached hydrogens (tertiary/aromatic N) is 2. The Hall–Kier alpha value is -2.21.